The molecule has 0 aromatic carbocycles. The maximum atomic E-state index is 5.23. The lowest BCUT2D eigenvalue weighted by molar-refractivity contribution is 0.0797. The highest BCUT2D eigenvalue weighted by molar-refractivity contribution is 4.89. The number of nitrogens with zero attached hydrogens (tertiary/aromatic N) is 1. The van der Waals surface area contributed by atoms with Gasteiger partial charge in [0, 0.05) is 40.4 Å². The van der Waals surface area contributed by atoms with E-state index in [2.05, 4.69) is 17.1 Å². The first kappa shape index (κ1) is 16.9. The van der Waals surface area contributed by atoms with Crippen LogP contribution in [0.1, 0.15) is 32.6 Å². The van der Waals surface area contributed by atoms with Gasteiger partial charge in [-0.15, -0.1) is 0 Å². The van der Waals surface area contributed by atoms with Crippen LogP contribution in [0, 0.1) is 5.41 Å². The summed E-state index contributed by atoms with van der Waals surface area (Å²) in [5.74, 6) is 0. The molecule has 0 aromatic heterocycles. The standard InChI is InChI=1S/C15H32N2O2/c1-4-16-13-15(7-5-6-8-15)14-17(9-11-18-2)10-12-19-3/h16H,4-14H2,1-3H3. The second kappa shape index (κ2) is 9.70. The van der Waals surface area contributed by atoms with Crippen molar-refractivity contribution in [1.82, 2.24) is 10.2 Å². The van der Waals surface area contributed by atoms with Crippen molar-refractivity contribution in [2.75, 3.05) is 60.2 Å². The molecule has 0 spiro atoms. The Morgan fingerprint density at radius 3 is 2.11 bits per heavy atom. The Hall–Kier alpha value is -0.160. The lowest BCUT2D eigenvalue weighted by atomic mass is 9.85. The summed E-state index contributed by atoms with van der Waals surface area (Å²) in [4.78, 5) is 2.51. The topological polar surface area (TPSA) is 33.7 Å². The molecule has 1 aliphatic rings. The largest absolute Gasteiger partial charge is 0.383 e. The zero-order chi connectivity index (χ0) is 14.0. The lowest BCUT2D eigenvalue weighted by Crippen LogP contribution is -2.44. The molecule has 1 rings (SSSR count). The molecular weight excluding hydrogens is 240 g/mol. The van der Waals surface area contributed by atoms with Crippen molar-refractivity contribution in [3.05, 3.63) is 0 Å². The Morgan fingerprint density at radius 2 is 1.63 bits per heavy atom. The fourth-order valence-electron chi connectivity index (χ4n) is 3.09. The third-order valence-electron chi connectivity index (χ3n) is 4.20. The van der Waals surface area contributed by atoms with E-state index < -0.39 is 0 Å². The van der Waals surface area contributed by atoms with Crippen molar-refractivity contribution in [3.8, 4) is 0 Å². The van der Waals surface area contributed by atoms with Gasteiger partial charge in [0.15, 0.2) is 0 Å². The number of nitrogens with one attached hydrogen (secondary N) is 1. The second-order valence-electron chi connectivity index (χ2n) is 5.75. The highest BCUT2D eigenvalue weighted by Crippen LogP contribution is 2.38. The summed E-state index contributed by atoms with van der Waals surface area (Å²) in [6.45, 7) is 9.21. The number of hydrogen-bond acceptors (Lipinski definition) is 4. The first-order chi connectivity index (χ1) is 9.26. The van der Waals surface area contributed by atoms with Crippen LogP contribution in [0.5, 0.6) is 0 Å². The molecule has 0 aliphatic heterocycles. The van der Waals surface area contributed by atoms with Gasteiger partial charge < -0.3 is 14.8 Å². The SMILES string of the molecule is CCNCC1(CN(CCOC)CCOC)CCCC1. The van der Waals surface area contributed by atoms with Crippen molar-refractivity contribution in [1.29, 1.82) is 0 Å². The maximum absolute atomic E-state index is 5.23. The fraction of sp³-hybridized carbons (Fsp3) is 1.00. The van der Waals surface area contributed by atoms with E-state index in [0.29, 0.717) is 5.41 Å². The van der Waals surface area contributed by atoms with E-state index in [1.54, 1.807) is 14.2 Å². The van der Waals surface area contributed by atoms with Gasteiger partial charge in [-0.3, -0.25) is 4.90 Å². The summed E-state index contributed by atoms with van der Waals surface area (Å²) in [6, 6.07) is 0. The van der Waals surface area contributed by atoms with Crippen LogP contribution in [0.25, 0.3) is 0 Å². The molecule has 0 aromatic rings. The molecule has 0 atom stereocenters. The summed E-state index contributed by atoms with van der Waals surface area (Å²) in [6.07, 6.45) is 5.48. The highest BCUT2D eigenvalue weighted by atomic mass is 16.5. The molecule has 1 aliphatic carbocycles. The molecule has 0 bridgehead atoms. The van der Waals surface area contributed by atoms with Crippen molar-refractivity contribution in [2.45, 2.75) is 32.6 Å². The van der Waals surface area contributed by atoms with Crippen molar-refractivity contribution in [2.24, 2.45) is 5.41 Å². The van der Waals surface area contributed by atoms with E-state index in [4.69, 9.17) is 9.47 Å². The molecule has 0 saturated heterocycles. The normalized spacial score (nSPS) is 18.3. The molecule has 19 heavy (non-hydrogen) atoms. The third-order valence-corrected chi connectivity index (χ3v) is 4.20. The van der Waals surface area contributed by atoms with Crippen LogP contribution in [-0.2, 0) is 9.47 Å². The van der Waals surface area contributed by atoms with Gasteiger partial charge in [-0.2, -0.15) is 0 Å². The Labute approximate surface area is 118 Å². The summed E-state index contributed by atoms with van der Waals surface area (Å²) >= 11 is 0. The average Bonchev–Trinajstić information content (AvgIpc) is 2.88. The van der Waals surface area contributed by atoms with Gasteiger partial charge in [0.05, 0.1) is 13.2 Å². The number of ether oxygens (including phenoxy) is 2. The first-order valence-electron chi connectivity index (χ1n) is 7.67. The predicted molar refractivity (Wildman–Crippen MR) is 79.6 cm³/mol. The quantitative estimate of drug-likeness (QED) is 0.621. The van der Waals surface area contributed by atoms with Crippen LogP contribution in [0.15, 0.2) is 0 Å². The molecule has 1 saturated carbocycles. The second-order valence-corrected chi connectivity index (χ2v) is 5.75. The minimum atomic E-state index is 0.470. The number of methoxy groups -OCH3 is 2. The van der Waals surface area contributed by atoms with Gasteiger partial charge >= 0.3 is 0 Å². The van der Waals surface area contributed by atoms with Gasteiger partial charge in [-0.05, 0) is 24.8 Å². The molecule has 0 radical (unpaired) electrons. The minimum absolute atomic E-state index is 0.470. The monoisotopic (exact) mass is 272 g/mol. The zero-order valence-electron chi connectivity index (χ0n) is 13.0. The van der Waals surface area contributed by atoms with Crippen LogP contribution in [-0.4, -0.2) is 65.1 Å². The molecule has 0 unspecified atom stereocenters. The predicted octanol–water partition coefficient (Wildman–Crippen LogP) is 1.75. The van der Waals surface area contributed by atoms with E-state index >= 15 is 0 Å². The van der Waals surface area contributed by atoms with Crippen LogP contribution in [0.2, 0.25) is 0 Å². The average molecular weight is 272 g/mol. The summed E-state index contributed by atoms with van der Waals surface area (Å²) in [5.41, 5.74) is 0.470. The van der Waals surface area contributed by atoms with Crippen molar-refractivity contribution < 1.29 is 9.47 Å². The smallest absolute Gasteiger partial charge is 0.0589 e. The van der Waals surface area contributed by atoms with Crippen LogP contribution < -0.4 is 5.32 Å². The van der Waals surface area contributed by atoms with Gasteiger partial charge in [-0.1, -0.05) is 19.8 Å². The van der Waals surface area contributed by atoms with Gasteiger partial charge in [0.25, 0.3) is 0 Å². The van der Waals surface area contributed by atoms with Gasteiger partial charge in [0.2, 0.25) is 0 Å². The van der Waals surface area contributed by atoms with Crippen LogP contribution in [0.4, 0.5) is 0 Å². The van der Waals surface area contributed by atoms with E-state index in [-0.39, 0.29) is 0 Å². The fourth-order valence-corrected chi connectivity index (χ4v) is 3.09. The third kappa shape index (κ3) is 6.21. The molecule has 0 heterocycles. The molecule has 4 heteroatoms. The van der Waals surface area contributed by atoms with E-state index in [1.165, 1.54) is 32.2 Å². The Balaban J connectivity index is 2.50. The first-order valence-corrected chi connectivity index (χ1v) is 7.67. The molecule has 4 nitrogen and oxygen atoms in total. The zero-order valence-corrected chi connectivity index (χ0v) is 13.0. The summed E-state index contributed by atoms with van der Waals surface area (Å²) < 4.78 is 10.5. The lowest BCUT2D eigenvalue weighted by Gasteiger charge is -2.35. The van der Waals surface area contributed by atoms with E-state index in [1.807, 2.05) is 0 Å². The van der Waals surface area contributed by atoms with Crippen LogP contribution >= 0.6 is 0 Å². The molecule has 114 valence electrons. The highest BCUT2D eigenvalue weighted by Gasteiger charge is 2.34. The molecular formula is C15H32N2O2. The number of hydrogen-bond donors (Lipinski definition) is 1. The Morgan fingerprint density at radius 1 is 1.05 bits per heavy atom. The molecule has 1 fully saturated rings. The van der Waals surface area contributed by atoms with E-state index in [0.717, 1.165) is 39.4 Å². The Kier molecular flexibility index (Phi) is 8.62. The van der Waals surface area contributed by atoms with Crippen molar-refractivity contribution >= 4 is 0 Å². The summed E-state index contributed by atoms with van der Waals surface area (Å²) in [5, 5.41) is 3.56. The Bertz CT molecular complexity index is 210. The molecule has 1 N–H and O–H groups in total. The van der Waals surface area contributed by atoms with Gasteiger partial charge in [-0.25, -0.2) is 0 Å². The maximum Gasteiger partial charge on any atom is 0.0589 e. The minimum Gasteiger partial charge on any atom is -0.383 e. The number of rotatable bonds is 11. The van der Waals surface area contributed by atoms with Crippen molar-refractivity contribution in [3.63, 3.8) is 0 Å². The van der Waals surface area contributed by atoms with E-state index in [9.17, 15) is 0 Å². The summed E-state index contributed by atoms with van der Waals surface area (Å²) in [7, 11) is 3.55. The van der Waals surface area contributed by atoms with Gasteiger partial charge in [0.1, 0.15) is 0 Å². The molecule has 0 amide bonds. The van der Waals surface area contributed by atoms with Crippen LogP contribution in [0.3, 0.4) is 0 Å².